The van der Waals surface area contributed by atoms with Crippen LogP contribution in [0.5, 0.6) is 0 Å². The van der Waals surface area contributed by atoms with Crippen LogP contribution in [0.4, 0.5) is 5.69 Å². The molecule has 0 bridgehead atoms. The third kappa shape index (κ3) is 4.85. The Balaban J connectivity index is 2.75. The lowest BCUT2D eigenvalue weighted by Crippen LogP contribution is -2.42. The van der Waals surface area contributed by atoms with Gasteiger partial charge in [0.1, 0.15) is 0 Å². The molecule has 4 nitrogen and oxygen atoms in total. The molecule has 1 aromatic rings. The summed E-state index contributed by atoms with van der Waals surface area (Å²) in [5, 5.41) is 4.25. The molecule has 1 rings (SSSR count). The van der Waals surface area contributed by atoms with Gasteiger partial charge in [-0.25, -0.2) is 0 Å². The average Bonchev–Trinajstić information content (AvgIpc) is 2.43. The maximum atomic E-state index is 12.1. The minimum atomic E-state index is 0.0587. The normalized spacial score (nSPS) is 10.3. The number of hydrogen-bond donors (Lipinski definition) is 1. The van der Waals surface area contributed by atoms with Crippen molar-refractivity contribution in [2.75, 3.05) is 32.0 Å². The SMILES string of the molecule is CCN(CC)C(=O)CN(C)C(=S)Nc1c(C)cc(C)cc1Cl. The van der Waals surface area contributed by atoms with Crippen molar-refractivity contribution in [3.63, 3.8) is 0 Å². The van der Waals surface area contributed by atoms with E-state index in [9.17, 15) is 4.79 Å². The average molecular weight is 342 g/mol. The van der Waals surface area contributed by atoms with Gasteiger partial charge < -0.3 is 15.1 Å². The van der Waals surface area contributed by atoms with Crippen LogP contribution in [-0.2, 0) is 4.79 Å². The number of halogens is 1. The molecule has 0 aliphatic rings. The smallest absolute Gasteiger partial charge is 0.242 e. The summed E-state index contributed by atoms with van der Waals surface area (Å²) < 4.78 is 0. The molecule has 22 heavy (non-hydrogen) atoms. The third-order valence-electron chi connectivity index (χ3n) is 3.50. The largest absolute Gasteiger partial charge is 0.343 e. The first-order valence-corrected chi connectivity index (χ1v) is 8.15. The number of rotatable bonds is 5. The summed E-state index contributed by atoms with van der Waals surface area (Å²) in [6, 6.07) is 3.93. The van der Waals surface area contributed by atoms with Crippen LogP contribution in [0.25, 0.3) is 0 Å². The van der Waals surface area contributed by atoms with E-state index in [-0.39, 0.29) is 12.5 Å². The Kier molecular flexibility index (Phi) is 7.10. The van der Waals surface area contributed by atoms with E-state index in [2.05, 4.69) is 5.32 Å². The Morgan fingerprint density at radius 1 is 1.27 bits per heavy atom. The summed E-state index contributed by atoms with van der Waals surface area (Å²) in [7, 11) is 1.80. The van der Waals surface area contributed by atoms with Crippen LogP contribution in [0.15, 0.2) is 12.1 Å². The Morgan fingerprint density at radius 2 is 1.86 bits per heavy atom. The van der Waals surface area contributed by atoms with E-state index in [0.717, 1.165) is 16.8 Å². The minimum absolute atomic E-state index is 0.0587. The van der Waals surface area contributed by atoms with Crippen molar-refractivity contribution in [2.24, 2.45) is 0 Å². The van der Waals surface area contributed by atoms with Crippen LogP contribution < -0.4 is 5.32 Å². The summed E-state index contributed by atoms with van der Waals surface area (Å²) >= 11 is 11.6. The Hall–Kier alpha value is -1.33. The molecule has 0 radical (unpaired) electrons. The topological polar surface area (TPSA) is 35.6 Å². The second-order valence-corrected chi connectivity index (χ2v) is 6.08. The lowest BCUT2D eigenvalue weighted by Gasteiger charge is -2.25. The van der Waals surface area contributed by atoms with Crippen LogP contribution in [0.1, 0.15) is 25.0 Å². The Labute approximate surface area is 143 Å². The van der Waals surface area contributed by atoms with Gasteiger partial charge in [0.15, 0.2) is 5.11 Å². The number of likely N-dealkylation sites (N-methyl/N-ethyl adjacent to an activating group) is 2. The fraction of sp³-hybridized carbons (Fsp3) is 0.500. The van der Waals surface area contributed by atoms with Crippen molar-refractivity contribution in [1.29, 1.82) is 0 Å². The van der Waals surface area contributed by atoms with Crippen molar-refractivity contribution < 1.29 is 4.79 Å². The third-order valence-corrected chi connectivity index (χ3v) is 4.21. The molecule has 1 N–H and O–H groups in total. The Morgan fingerprint density at radius 3 is 2.36 bits per heavy atom. The van der Waals surface area contributed by atoms with Gasteiger partial charge in [0, 0.05) is 20.1 Å². The van der Waals surface area contributed by atoms with Gasteiger partial charge >= 0.3 is 0 Å². The van der Waals surface area contributed by atoms with Crippen LogP contribution in [-0.4, -0.2) is 47.5 Å². The first kappa shape index (κ1) is 18.7. The highest BCUT2D eigenvalue weighted by Gasteiger charge is 2.15. The molecular formula is C16H24ClN3OS. The quantitative estimate of drug-likeness (QED) is 0.832. The van der Waals surface area contributed by atoms with Crippen LogP contribution in [0.2, 0.25) is 5.02 Å². The second-order valence-electron chi connectivity index (χ2n) is 5.29. The van der Waals surface area contributed by atoms with Crippen molar-refractivity contribution in [3.05, 3.63) is 28.3 Å². The highest BCUT2D eigenvalue weighted by atomic mass is 35.5. The van der Waals surface area contributed by atoms with Gasteiger partial charge in [-0.3, -0.25) is 4.79 Å². The van der Waals surface area contributed by atoms with E-state index < -0.39 is 0 Å². The summed E-state index contributed by atoms with van der Waals surface area (Å²) in [5.74, 6) is 0.0587. The lowest BCUT2D eigenvalue weighted by atomic mass is 10.1. The zero-order chi connectivity index (χ0) is 16.9. The van der Waals surface area contributed by atoms with Crippen molar-refractivity contribution in [2.45, 2.75) is 27.7 Å². The number of hydrogen-bond acceptors (Lipinski definition) is 2. The van der Waals surface area contributed by atoms with Crippen molar-refractivity contribution in [1.82, 2.24) is 9.80 Å². The number of benzene rings is 1. The zero-order valence-electron chi connectivity index (χ0n) is 13.9. The van der Waals surface area contributed by atoms with Gasteiger partial charge in [0.2, 0.25) is 5.91 Å². The number of anilines is 1. The molecular weight excluding hydrogens is 318 g/mol. The van der Waals surface area contributed by atoms with Gasteiger partial charge in [-0.15, -0.1) is 0 Å². The van der Waals surface area contributed by atoms with Gasteiger partial charge in [0.05, 0.1) is 17.3 Å². The molecule has 0 aliphatic carbocycles. The zero-order valence-corrected chi connectivity index (χ0v) is 15.4. The number of carbonyl (C=O) groups is 1. The molecule has 0 saturated carbocycles. The number of nitrogens with one attached hydrogen (secondary N) is 1. The predicted molar refractivity (Wildman–Crippen MR) is 97.7 cm³/mol. The van der Waals surface area contributed by atoms with E-state index in [1.165, 1.54) is 0 Å². The Bertz CT molecular complexity index is 535. The number of amides is 1. The first-order chi connectivity index (χ1) is 10.3. The minimum Gasteiger partial charge on any atom is -0.343 e. The fourth-order valence-corrected chi connectivity index (χ4v) is 2.76. The predicted octanol–water partition coefficient (Wildman–Crippen LogP) is 3.45. The standard InChI is InChI=1S/C16H24ClN3OS/c1-6-20(7-2)14(21)10-19(5)16(22)18-15-12(4)8-11(3)9-13(15)17/h8-9H,6-7,10H2,1-5H3,(H,18,22). The maximum absolute atomic E-state index is 12.1. The van der Waals surface area contributed by atoms with Gasteiger partial charge in [0.25, 0.3) is 0 Å². The fourth-order valence-electron chi connectivity index (χ4n) is 2.23. The molecule has 1 aromatic carbocycles. The summed E-state index contributed by atoms with van der Waals surface area (Å²) in [6.45, 7) is 9.55. The molecule has 0 spiro atoms. The van der Waals surface area contributed by atoms with Gasteiger partial charge in [-0.05, 0) is 57.1 Å². The number of aryl methyl sites for hydroxylation is 2. The summed E-state index contributed by atoms with van der Waals surface area (Å²) in [6.07, 6.45) is 0. The molecule has 0 unspecified atom stereocenters. The molecule has 0 heterocycles. The molecule has 0 saturated heterocycles. The molecule has 0 aliphatic heterocycles. The van der Waals surface area contributed by atoms with Crippen LogP contribution in [0.3, 0.4) is 0 Å². The summed E-state index contributed by atoms with van der Waals surface area (Å²) in [5.41, 5.74) is 2.92. The van der Waals surface area contributed by atoms with E-state index in [0.29, 0.717) is 23.2 Å². The van der Waals surface area contributed by atoms with E-state index in [1.54, 1.807) is 16.8 Å². The van der Waals surface area contributed by atoms with Crippen LogP contribution >= 0.6 is 23.8 Å². The molecule has 0 fully saturated rings. The van der Waals surface area contributed by atoms with Crippen molar-refractivity contribution in [3.8, 4) is 0 Å². The monoisotopic (exact) mass is 341 g/mol. The van der Waals surface area contributed by atoms with Gasteiger partial charge in [-0.1, -0.05) is 17.7 Å². The molecule has 6 heteroatoms. The highest BCUT2D eigenvalue weighted by molar-refractivity contribution is 7.80. The van der Waals surface area contributed by atoms with Crippen molar-refractivity contribution >= 4 is 40.5 Å². The highest BCUT2D eigenvalue weighted by Crippen LogP contribution is 2.27. The number of thiocarbonyl (C=S) groups is 1. The first-order valence-electron chi connectivity index (χ1n) is 7.36. The molecule has 0 aromatic heterocycles. The number of carbonyl (C=O) groups excluding carboxylic acids is 1. The lowest BCUT2D eigenvalue weighted by molar-refractivity contribution is -0.130. The van der Waals surface area contributed by atoms with E-state index in [4.69, 9.17) is 23.8 Å². The van der Waals surface area contributed by atoms with E-state index >= 15 is 0 Å². The number of nitrogens with zero attached hydrogens (tertiary/aromatic N) is 2. The molecule has 0 atom stereocenters. The second kappa shape index (κ2) is 8.34. The maximum Gasteiger partial charge on any atom is 0.242 e. The van der Waals surface area contributed by atoms with Gasteiger partial charge in [-0.2, -0.15) is 0 Å². The van der Waals surface area contributed by atoms with E-state index in [1.807, 2.05) is 39.8 Å². The van der Waals surface area contributed by atoms with Crippen LogP contribution in [0, 0.1) is 13.8 Å². The summed E-state index contributed by atoms with van der Waals surface area (Å²) in [4.78, 5) is 15.6. The molecule has 122 valence electrons. The molecule has 1 amide bonds.